The molecule has 2 N–H and O–H groups in total. The van der Waals surface area contributed by atoms with Gasteiger partial charge in [-0.25, -0.2) is 0 Å². The summed E-state index contributed by atoms with van der Waals surface area (Å²) in [6, 6.07) is 3.72. The molecule has 28 heavy (non-hydrogen) atoms. The largest absolute Gasteiger partial charge is 0.444 e. The van der Waals surface area contributed by atoms with Crippen molar-refractivity contribution in [1.29, 1.82) is 5.41 Å². The summed E-state index contributed by atoms with van der Waals surface area (Å²) in [6.07, 6.45) is 5.30. The Bertz CT molecular complexity index is 950. The number of allylic oxidation sites excluding steroid dienone is 1. The van der Waals surface area contributed by atoms with E-state index in [1.165, 1.54) is 17.6 Å². The van der Waals surface area contributed by atoms with Crippen molar-refractivity contribution in [2.75, 3.05) is 13.1 Å². The van der Waals surface area contributed by atoms with Gasteiger partial charge in [0.15, 0.2) is 5.06 Å². The van der Waals surface area contributed by atoms with Gasteiger partial charge in [-0.2, -0.15) is 4.91 Å². The van der Waals surface area contributed by atoms with Gasteiger partial charge in [0.2, 0.25) is 0 Å². The third-order valence-electron chi connectivity index (χ3n) is 4.53. The predicted octanol–water partition coefficient (Wildman–Crippen LogP) is 5.20. The lowest BCUT2D eigenvalue weighted by atomic mass is 9.93. The zero-order valence-corrected chi connectivity index (χ0v) is 17.3. The standard InChI is InChI=1S/C20H22N4O2S2/c1-12-16(5-3-8-22-12)26-20-17-15(7-6-14(11-21)18(17)27)19(28-20)13(2)23-9-4-10-24-25/h3,5,8,11,21,23,27H,2,4,6-7,9-10H2,1H3. The predicted molar refractivity (Wildman–Crippen MR) is 119 cm³/mol. The van der Waals surface area contributed by atoms with E-state index < -0.39 is 0 Å². The molecule has 0 aliphatic heterocycles. The van der Waals surface area contributed by atoms with Crippen molar-refractivity contribution in [2.24, 2.45) is 5.18 Å². The minimum absolute atomic E-state index is 0.281. The Morgan fingerprint density at radius 3 is 3.07 bits per heavy atom. The number of aromatic nitrogens is 1. The van der Waals surface area contributed by atoms with Crippen LogP contribution in [0.15, 0.2) is 35.7 Å². The maximum absolute atomic E-state index is 10.3. The van der Waals surface area contributed by atoms with Crippen LogP contribution in [0.5, 0.6) is 10.8 Å². The van der Waals surface area contributed by atoms with E-state index in [0.717, 1.165) is 55.8 Å². The van der Waals surface area contributed by atoms with E-state index >= 15 is 0 Å². The fourth-order valence-corrected chi connectivity index (χ4v) is 4.71. The Morgan fingerprint density at radius 2 is 2.36 bits per heavy atom. The Kier molecular flexibility index (Phi) is 6.64. The molecule has 2 aromatic heterocycles. The molecule has 3 rings (SSSR count). The molecule has 0 atom stereocenters. The van der Waals surface area contributed by atoms with Gasteiger partial charge in [0.1, 0.15) is 5.75 Å². The Balaban J connectivity index is 1.98. The number of pyridine rings is 1. The summed E-state index contributed by atoms with van der Waals surface area (Å²) in [7, 11) is 0. The first kappa shape index (κ1) is 20.3. The van der Waals surface area contributed by atoms with E-state index in [4.69, 9.17) is 22.8 Å². The number of thiol groups is 1. The number of thiophene rings is 1. The van der Waals surface area contributed by atoms with Crippen LogP contribution in [-0.2, 0) is 6.42 Å². The van der Waals surface area contributed by atoms with E-state index in [1.807, 2.05) is 19.1 Å². The fraction of sp³-hybridized carbons (Fsp3) is 0.300. The van der Waals surface area contributed by atoms with Crippen LogP contribution in [0.3, 0.4) is 0 Å². The summed E-state index contributed by atoms with van der Waals surface area (Å²) in [5, 5.41) is 14.6. The zero-order valence-electron chi connectivity index (χ0n) is 15.6. The third-order valence-corrected chi connectivity index (χ3v) is 6.21. The summed E-state index contributed by atoms with van der Waals surface area (Å²) in [5.41, 5.74) is 4.54. The number of fused-ring (bicyclic) bond motifs is 1. The van der Waals surface area contributed by atoms with Crippen LogP contribution >= 0.6 is 24.0 Å². The van der Waals surface area contributed by atoms with E-state index in [-0.39, 0.29) is 6.54 Å². The molecule has 0 radical (unpaired) electrons. The molecule has 0 fully saturated rings. The summed E-state index contributed by atoms with van der Waals surface area (Å²) in [4.78, 5) is 16.3. The molecule has 0 bridgehead atoms. The number of ether oxygens (including phenoxy) is 1. The van der Waals surface area contributed by atoms with E-state index in [9.17, 15) is 4.91 Å². The second kappa shape index (κ2) is 9.16. The average molecular weight is 415 g/mol. The second-order valence-corrected chi connectivity index (χ2v) is 7.82. The molecule has 2 aromatic rings. The fourth-order valence-electron chi connectivity index (χ4n) is 3.06. The van der Waals surface area contributed by atoms with Crippen LogP contribution in [0.2, 0.25) is 0 Å². The summed E-state index contributed by atoms with van der Waals surface area (Å²) >= 11 is 6.21. The van der Waals surface area contributed by atoms with Gasteiger partial charge in [0.25, 0.3) is 0 Å². The topological polar surface area (TPSA) is 87.4 Å². The number of nitroso groups, excluding NO2 is 1. The van der Waals surface area contributed by atoms with Crippen LogP contribution in [0.1, 0.15) is 34.5 Å². The second-order valence-electron chi connectivity index (χ2n) is 6.39. The van der Waals surface area contributed by atoms with Crippen LogP contribution in [0, 0.1) is 17.2 Å². The Morgan fingerprint density at radius 1 is 1.54 bits per heavy atom. The molecule has 8 heteroatoms. The zero-order chi connectivity index (χ0) is 20.1. The Labute approximate surface area is 173 Å². The van der Waals surface area contributed by atoms with E-state index in [0.29, 0.717) is 18.7 Å². The molecule has 1 aliphatic carbocycles. The van der Waals surface area contributed by atoms with Gasteiger partial charge >= 0.3 is 0 Å². The normalized spacial score (nSPS) is 13.1. The first-order chi connectivity index (χ1) is 13.6. The minimum Gasteiger partial charge on any atom is -0.444 e. The lowest BCUT2D eigenvalue weighted by molar-refractivity contribution is 0.487. The minimum atomic E-state index is 0.281. The van der Waals surface area contributed by atoms with Crippen LogP contribution in [0.25, 0.3) is 10.6 Å². The highest BCUT2D eigenvalue weighted by atomic mass is 32.1. The molecule has 2 heterocycles. The van der Waals surface area contributed by atoms with E-state index in [1.54, 1.807) is 6.20 Å². The highest BCUT2D eigenvalue weighted by molar-refractivity contribution is 7.90. The monoisotopic (exact) mass is 414 g/mol. The summed E-state index contributed by atoms with van der Waals surface area (Å²) in [5.74, 6) is 0.692. The first-order valence-electron chi connectivity index (χ1n) is 8.97. The van der Waals surface area contributed by atoms with Crippen molar-refractivity contribution in [3.63, 3.8) is 0 Å². The quantitative estimate of drug-likeness (QED) is 0.228. The summed E-state index contributed by atoms with van der Waals surface area (Å²) < 4.78 is 6.22. The highest BCUT2D eigenvalue weighted by Crippen LogP contribution is 2.49. The molecule has 0 saturated carbocycles. The van der Waals surface area contributed by atoms with Crippen molar-refractivity contribution in [3.8, 4) is 10.8 Å². The van der Waals surface area contributed by atoms with Crippen LogP contribution < -0.4 is 10.1 Å². The Hall–Kier alpha value is -2.45. The first-order valence-corrected chi connectivity index (χ1v) is 10.2. The van der Waals surface area contributed by atoms with Crippen molar-refractivity contribution < 1.29 is 4.74 Å². The number of aryl methyl sites for hydroxylation is 1. The molecule has 146 valence electrons. The lowest BCUT2D eigenvalue weighted by Gasteiger charge is -2.18. The van der Waals surface area contributed by atoms with Gasteiger partial charge in [-0.15, -0.1) is 12.6 Å². The smallest absolute Gasteiger partial charge is 0.190 e. The van der Waals surface area contributed by atoms with Crippen LogP contribution in [-0.4, -0.2) is 24.3 Å². The number of nitrogens with zero attached hydrogens (tertiary/aromatic N) is 2. The molecule has 0 spiro atoms. The number of nitrogens with one attached hydrogen (secondary N) is 2. The molecule has 0 amide bonds. The van der Waals surface area contributed by atoms with Crippen molar-refractivity contribution in [2.45, 2.75) is 26.2 Å². The van der Waals surface area contributed by atoms with Crippen molar-refractivity contribution >= 4 is 40.8 Å². The van der Waals surface area contributed by atoms with E-state index in [2.05, 4.69) is 22.1 Å². The molecule has 0 unspecified atom stereocenters. The maximum Gasteiger partial charge on any atom is 0.190 e. The average Bonchev–Trinajstić information content (AvgIpc) is 3.06. The molecular formula is C20H22N4O2S2. The van der Waals surface area contributed by atoms with Gasteiger partial charge < -0.3 is 15.5 Å². The van der Waals surface area contributed by atoms with Gasteiger partial charge in [0, 0.05) is 35.1 Å². The molecule has 1 aliphatic rings. The molecule has 6 nitrogen and oxygen atoms in total. The van der Waals surface area contributed by atoms with Gasteiger partial charge in [-0.05, 0) is 49.5 Å². The van der Waals surface area contributed by atoms with Gasteiger partial charge in [-0.3, -0.25) is 4.98 Å². The maximum atomic E-state index is 10.3. The highest BCUT2D eigenvalue weighted by Gasteiger charge is 2.27. The van der Waals surface area contributed by atoms with Crippen molar-refractivity contribution in [3.05, 3.63) is 57.1 Å². The van der Waals surface area contributed by atoms with Gasteiger partial charge in [0.05, 0.1) is 17.1 Å². The summed E-state index contributed by atoms with van der Waals surface area (Å²) in [6.45, 7) is 6.98. The number of rotatable bonds is 9. The molecular weight excluding hydrogens is 392 g/mol. The SMILES string of the molecule is C=C(NCCCN=O)c1sc(Oc2cccnc2C)c2c1CCC(C=N)=C2S. The molecule has 0 saturated heterocycles. The molecule has 0 aromatic carbocycles. The lowest BCUT2D eigenvalue weighted by Crippen LogP contribution is -2.14. The van der Waals surface area contributed by atoms with Crippen molar-refractivity contribution in [1.82, 2.24) is 10.3 Å². The van der Waals surface area contributed by atoms with Gasteiger partial charge in [-0.1, -0.05) is 23.1 Å². The third kappa shape index (κ3) is 4.18. The number of hydrogen-bond acceptors (Lipinski definition) is 8. The van der Waals surface area contributed by atoms with Crippen LogP contribution in [0.4, 0.5) is 0 Å². The number of hydrogen-bond donors (Lipinski definition) is 3.